The molecule has 4 aromatic carbocycles. The summed E-state index contributed by atoms with van der Waals surface area (Å²) < 4.78 is 5.36. The molecule has 208 valence electrons. The summed E-state index contributed by atoms with van der Waals surface area (Å²) in [5.74, 6) is 2.27. The van der Waals surface area contributed by atoms with Gasteiger partial charge < -0.3 is 14.6 Å². The number of anilines is 1. The second-order valence-corrected chi connectivity index (χ2v) is 10.1. The highest BCUT2D eigenvalue weighted by molar-refractivity contribution is 6.38. The first kappa shape index (κ1) is 27.0. The lowest BCUT2D eigenvalue weighted by molar-refractivity contribution is 0.415. The van der Waals surface area contributed by atoms with E-state index < -0.39 is 0 Å². The van der Waals surface area contributed by atoms with E-state index in [1.165, 1.54) is 5.69 Å². The van der Waals surface area contributed by atoms with Crippen LogP contribution in [0.5, 0.6) is 5.75 Å². The Morgan fingerprint density at radius 2 is 1.33 bits per heavy atom. The third kappa shape index (κ3) is 5.54. The van der Waals surface area contributed by atoms with Crippen LogP contribution >= 0.6 is 0 Å². The summed E-state index contributed by atoms with van der Waals surface area (Å²) in [6.45, 7) is 6.33. The van der Waals surface area contributed by atoms with Crippen LogP contribution in [0, 0.1) is 0 Å². The van der Waals surface area contributed by atoms with E-state index in [1.54, 1.807) is 7.11 Å². The van der Waals surface area contributed by atoms with Crippen molar-refractivity contribution in [3.8, 4) is 28.1 Å². The number of rotatable bonds is 9. The Morgan fingerprint density at radius 1 is 0.714 bits per heavy atom. The summed E-state index contributed by atoms with van der Waals surface area (Å²) in [4.78, 5) is 16.2. The molecule has 6 rings (SSSR count). The minimum atomic E-state index is 0.675. The molecule has 0 spiro atoms. The average Bonchev–Trinajstić information content (AvgIpc) is 3.68. The van der Waals surface area contributed by atoms with Gasteiger partial charge in [-0.05, 0) is 79.1 Å². The second kappa shape index (κ2) is 12.1. The van der Waals surface area contributed by atoms with Crippen molar-refractivity contribution in [3.05, 3.63) is 132 Å². The summed E-state index contributed by atoms with van der Waals surface area (Å²) in [7, 11) is 1.68. The topological polar surface area (TPSA) is 53.0 Å². The van der Waals surface area contributed by atoms with Crippen molar-refractivity contribution in [2.75, 3.05) is 25.1 Å². The van der Waals surface area contributed by atoms with Crippen LogP contribution in [-0.2, 0) is 0 Å². The van der Waals surface area contributed by atoms with Crippen LogP contribution in [0.25, 0.3) is 28.0 Å². The Labute approximate surface area is 247 Å². The number of hydrogen-bond donors (Lipinski definition) is 1. The van der Waals surface area contributed by atoms with Crippen LogP contribution in [0.1, 0.15) is 25.0 Å². The van der Waals surface area contributed by atoms with Gasteiger partial charge in [0.05, 0.1) is 12.8 Å². The number of amidine groups is 1. The minimum absolute atomic E-state index is 0.675. The number of nitrogens with one attached hydrogen (secondary N) is 1. The average molecular weight is 551 g/mol. The van der Waals surface area contributed by atoms with Crippen LogP contribution in [0.4, 0.5) is 11.5 Å². The Balaban J connectivity index is 1.45. The van der Waals surface area contributed by atoms with Crippen LogP contribution in [0.2, 0.25) is 0 Å². The van der Waals surface area contributed by atoms with E-state index in [4.69, 9.17) is 14.7 Å². The normalized spacial score (nSPS) is 13.6. The number of allylic oxidation sites excluding steroid dienone is 1. The third-order valence-electron chi connectivity index (χ3n) is 7.63. The van der Waals surface area contributed by atoms with Crippen LogP contribution < -0.4 is 9.64 Å². The monoisotopic (exact) mass is 550 g/mol. The molecule has 0 bridgehead atoms. The lowest BCUT2D eigenvalue weighted by Gasteiger charge is -2.21. The summed E-state index contributed by atoms with van der Waals surface area (Å²) >= 11 is 0. The number of nitrogens with zero attached hydrogens (tertiary/aromatic N) is 3. The molecule has 42 heavy (non-hydrogen) atoms. The summed E-state index contributed by atoms with van der Waals surface area (Å²) in [6, 6.07) is 39.6. The Hall–Kier alpha value is -5.16. The SMILES string of the molecule is CCN(CC)c1ccc(-c2cc(-c3ccccc3)c(N=C3N=C(c4ccc(OC)cc4)C=C3c3ccccc3)[nH]2)cc1. The standard InChI is InChI=1S/C37H34N4O/c1-4-41(5-2)30-20-16-28(17-21-30)34-24-32(26-12-8-6-9-13-26)36(38-34)40-37-33(27-14-10-7-11-15-27)25-35(39-37)29-18-22-31(42-3)23-19-29/h6-25,38H,4-5H2,1-3H3. The number of H-pyrrole nitrogens is 1. The van der Waals surface area contributed by atoms with Gasteiger partial charge in [-0.25, -0.2) is 9.98 Å². The van der Waals surface area contributed by atoms with Gasteiger partial charge in [-0.15, -0.1) is 0 Å². The van der Waals surface area contributed by atoms with E-state index in [-0.39, 0.29) is 0 Å². The van der Waals surface area contributed by atoms with Gasteiger partial charge in [0, 0.05) is 41.2 Å². The predicted octanol–water partition coefficient (Wildman–Crippen LogP) is 8.82. The van der Waals surface area contributed by atoms with Gasteiger partial charge in [0.1, 0.15) is 11.6 Å². The molecule has 0 saturated heterocycles. The molecule has 0 unspecified atom stereocenters. The van der Waals surface area contributed by atoms with E-state index in [0.29, 0.717) is 5.84 Å². The molecular formula is C37H34N4O. The molecule has 0 amide bonds. The van der Waals surface area contributed by atoms with Crippen LogP contribution in [0.3, 0.4) is 0 Å². The van der Waals surface area contributed by atoms with Crippen LogP contribution in [-0.4, -0.2) is 36.7 Å². The summed E-state index contributed by atoms with van der Waals surface area (Å²) in [5, 5.41) is 0. The fourth-order valence-electron chi connectivity index (χ4n) is 5.30. The van der Waals surface area contributed by atoms with Crippen molar-refractivity contribution in [2.24, 2.45) is 9.98 Å². The van der Waals surface area contributed by atoms with E-state index in [9.17, 15) is 0 Å². The van der Waals surface area contributed by atoms with E-state index in [2.05, 4.69) is 96.5 Å². The van der Waals surface area contributed by atoms with Gasteiger partial charge >= 0.3 is 0 Å². The number of methoxy groups -OCH3 is 1. The zero-order valence-electron chi connectivity index (χ0n) is 24.2. The van der Waals surface area contributed by atoms with Gasteiger partial charge in [0.2, 0.25) is 0 Å². The van der Waals surface area contributed by atoms with Crippen molar-refractivity contribution in [3.63, 3.8) is 0 Å². The highest BCUT2D eigenvalue weighted by atomic mass is 16.5. The maximum absolute atomic E-state index is 5.36. The molecule has 1 aromatic heterocycles. The molecule has 5 nitrogen and oxygen atoms in total. The minimum Gasteiger partial charge on any atom is -0.497 e. The number of aromatic nitrogens is 1. The third-order valence-corrected chi connectivity index (χ3v) is 7.63. The second-order valence-electron chi connectivity index (χ2n) is 10.1. The molecule has 0 fully saturated rings. The maximum atomic E-state index is 5.36. The van der Waals surface area contributed by atoms with E-state index in [1.807, 2.05) is 48.5 Å². The van der Waals surface area contributed by atoms with Crippen molar-refractivity contribution < 1.29 is 4.74 Å². The number of aliphatic imine (C=N–C) groups is 2. The Bertz CT molecular complexity index is 1740. The fraction of sp³-hybridized carbons (Fsp3) is 0.135. The molecule has 0 saturated carbocycles. The predicted molar refractivity (Wildman–Crippen MR) is 176 cm³/mol. The van der Waals surface area contributed by atoms with Gasteiger partial charge in [-0.1, -0.05) is 72.8 Å². The van der Waals surface area contributed by atoms with Crippen LogP contribution in [0.15, 0.2) is 131 Å². The molecular weight excluding hydrogens is 516 g/mol. The van der Waals surface area contributed by atoms with Gasteiger partial charge in [0.25, 0.3) is 0 Å². The first-order chi connectivity index (χ1) is 20.7. The number of aromatic amines is 1. The summed E-state index contributed by atoms with van der Waals surface area (Å²) in [5.41, 5.74) is 9.43. The lowest BCUT2D eigenvalue weighted by atomic mass is 10.0. The molecule has 1 aliphatic rings. The molecule has 5 aromatic rings. The number of hydrogen-bond acceptors (Lipinski definition) is 3. The quantitative estimate of drug-likeness (QED) is 0.199. The molecule has 5 heteroatoms. The van der Waals surface area contributed by atoms with Gasteiger partial charge in [-0.2, -0.15) is 0 Å². The zero-order chi connectivity index (χ0) is 28.9. The highest BCUT2D eigenvalue weighted by Gasteiger charge is 2.21. The molecule has 2 heterocycles. The molecule has 1 aliphatic heterocycles. The van der Waals surface area contributed by atoms with Crippen molar-refractivity contribution in [2.45, 2.75) is 13.8 Å². The smallest absolute Gasteiger partial charge is 0.162 e. The van der Waals surface area contributed by atoms with Crippen molar-refractivity contribution in [1.82, 2.24) is 4.98 Å². The first-order valence-electron chi connectivity index (χ1n) is 14.4. The molecule has 1 N–H and O–H groups in total. The Morgan fingerprint density at radius 3 is 1.95 bits per heavy atom. The summed E-state index contributed by atoms with van der Waals surface area (Å²) in [6.07, 6.45) is 2.12. The zero-order valence-corrected chi connectivity index (χ0v) is 24.2. The maximum Gasteiger partial charge on any atom is 0.162 e. The van der Waals surface area contributed by atoms with E-state index in [0.717, 1.165) is 69.5 Å². The van der Waals surface area contributed by atoms with Crippen molar-refractivity contribution in [1.29, 1.82) is 0 Å². The molecule has 0 atom stereocenters. The van der Waals surface area contributed by atoms with Crippen molar-refractivity contribution >= 4 is 28.6 Å². The largest absolute Gasteiger partial charge is 0.497 e. The highest BCUT2D eigenvalue weighted by Crippen LogP contribution is 2.37. The number of ether oxygens (including phenoxy) is 1. The Kier molecular flexibility index (Phi) is 7.82. The molecule has 0 aliphatic carbocycles. The van der Waals surface area contributed by atoms with Gasteiger partial charge in [0.15, 0.2) is 5.84 Å². The van der Waals surface area contributed by atoms with Gasteiger partial charge in [-0.3, -0.25) is 0 Å². The van der Waals surface area contributed by atoms with E-state index >= 15 is 0 Å². The molecule has 0 radical (unpaired) electrons. The first-order valence-corrected chi connectivity index (χ1v) is 14.4. The number of benzene rings is 4. The lowest BCUT2D eigenvalue weighted by Crippen LogP contribution is -2.21. The fourth-order valence-corrected chi connectivity index (χ4v) is 5.30.